The Kier molecular flexibility index (Phi) is 6.01. The van der Waals surface area contributed by atoms with Crippen molar-refractivity contribution >= 4 is 34.3 Å². The number of benzene rings is 2. The third kappa shape index (κ3) is 4.61. The average molecular weight is 381 g/mol. The van der Waals surface area contributed by atoms with Gasteiger partial charge < -0.3 is 10.1 Å². The van der Waals surface area contributed by atoms with Crippen LogP contribution in [0, 0.1) is 20.8 Å². The molecule has 2 aromatic carbocycles. The number of carbonyl (C=O) groups excluding carboxylic acids is 1. The number of ether oxygens (including phenoxy) is 1. The minimum atomic E-state index is 0.0181. The second-order valence-corrected chi connectivity index (χ2v) is 7.71. The summed E-state index contributed by atoms with van der Waals surface area (Å²) in [5.74, 6) is 1.46. The lowest BCUT2D eigenvalue weighted by atomic mass is 10.1. The Labute approximate surface area is 164 Å². The summed E-state index contributed by atoms with van der Waals surface area (Å²) in [6, 6.07) is 14.0. The summed E-state index contributed by atoms with van der Waals surface area (Å²) < 4.78 is 5.43. The number of pyridine rings is 1. The van der Waals surface area contributed by atoms with Crippen molar-refractivity contribution in [2.45, 2.75) is 32.2 Å². The van der Waals surface area contributed by atoms with Gasteiger partial charge in [0.2, 0.25) is 5.91 Å². The first-order valence-electron chi connectivity index (χ1n) is 8.92. The predicted octanol–water partition coefficient (Wildman–Crippen LogP) is 5.29. The van der Waals surface area contributed by atoms with Gasteiger partial charge >= 0.3 is 0 Å². The Hall–Kier alpha value is -2.53. The van der Waals surface area contributed by atoms with Gasteiger partial charge in [0, 0.05) is 23.2 Å². The molecule has 0 bridgehead atoms. The molecule has 0 radical (unpaired) electrons. The maximum absolute atomic E-state index is 12.3. The molecule has 140 valence electrons. The molecule has 1 N–H and O–H groups in total. The van der Waals surface area contributed by atoms with E-state index in [1.165, 1.54) is 5.56 Å². The van der Waals surface area contributed by atoms with Crippen molar-refractivity contribution in [1.29, 1.82) is 0 Å². The summed E-state index contributed by atoms with van der Waals surface area (Å²) in [6.07, 6.45) is 0.433. The third-order valence-electron chi connectivity index (χ3n) is 4.44. The topological polar surface area (TPSA) is 51.2 Å². The van der Waals surface area contributed by atoms with Gasteiger partial charge in [0.15, 0.2) is 0 Å². The van der Waals surface area contributed by atoms with Gasteiger partial charge in [0.1, 0.15) is 11.3 Å². The molecule has 0 saturated heterocycles. The van der Waals surface area contributed by atoms with Crippen LogP contribution in [0.4, 0.5) is 5.69 Å². The molecule has 5 heteroatoms. The number of nitrogens with zero attached hydrogens (tertiary/aromatic N) is 1. The highest BCUT2D eigenvalue weighted by Gasteiger charge is 2.09. The van der Waals surface area contributed by atoms with Gasteiger partial charge in [-0.2, -0.15) is 0 Å². The quantitative estimate of drug-likeness (QED) is 0.590. The van der Waals surface area contributed by atoms with E-state index in [1.54, 1.807) is 18.9 Å². The normalized spacial score (nSPS) is 10.8. The van der Waals surface area contributed by atoms with Gasteiger partial charge in [-0.1, -0.05) is 29.8 Å². The zero-order chi connectivity index (χ0) is 19.4. The molecule has 1 heterocycles. The highest BCUT2D eigenvalue weighted by Crippen LogP contribution is 2.29. The number of para-hydroxylation sites is 1. The summed E-state index contributed by atoms with van der Waals surface area (Å²) in [6.45, 7) is 6.12. The maximum atomic E-state index is 12.3. The van der Waals surface area contributed by atoms with Gasteiger partial charge in [-0.25, -0.2) is 4.98 Å². The summed E-state index contributed by atoms with van der Waals surface area (Å²) in [4.78, 5) is 17.0. The SMILES string of the molecule is COc1cccc2c(C)cc(SCCC(=O)Nc3ccc(C)cc3C)nc12. The standard InChI is InChI=1S/C22H24N2O2S/c1-14-8-9-18(16(3)12-14)23-20(25)10-11-27-21-13-15(2)17-6-5-7-19(26-4)22(17)24-21/h5-9,12-13H,10-11H2,1-4H3,(H,23,25). The summed E-state index contributed by atoms with van der Waals surface area (Å²) in [5, 5.41) is 4.99. The van der Waals surface area contributed by atoms with Gasteiger partial charge in [-0.3, -0.25) is 4.79 Å². The molecule has 0 aliphatic carbocycles. The Morgan fingerprint density at radius 1 is 1.11 bits per heavy atom. The lowest BCUT2D eigenvalue weighted by Crippen LogP contribution is -2.13. The Bertz CT molecular complexity index is 985. The molecule has 0 atom stereocenters. The number of fused-ring (bicyclic) bond motifs is 1. The number of aromatic nitrogens is 1. The number of hydrogen-bond acceptors (Lipinski definition) is 4. The van der Waals surface area contributed by atoms with E-state index in [0.29, 0.717) is 12.2 Å². The molecule has 0 aliphatic rings. The summed E-state index contributed by atoms with van der Waals surface area (Å²) in [5.41, 5.74) is 5.16. The molecular formula is C22H24N2O2S. The van der Waals surface area contributed by atoms with Crippen LogP contribution in [0.3, 0.4) is 0 Å². The van der Waals surface area contributed by atoms with Gasteiger partial charge in [-0.05, 0) is 50.1 Å². The van der Waals surface area contributed by atoms with Crippen LogP contribution in [0.25, 0.3) is 10.9 Å². The largest absolute Gasteiger partial charge is 0.494 e. The number of thioether (sulfide) groups is 1. The van der Waals surface area contributed by atoms with Crippen molar-refractivity contribution in [3.63, 3.8) is 0 Å². The van der Waals surface area contributed by atoms with Gasteiger partial charge in [0.25, 0.3) is 0 Å². The monoisotopic (exact) mass is 380 g/mol. The van der Waals surface area contributed by atoms with Crippen molar-refractivity contribution < 1.29 is 9.53 Å². The molecule has 0 unspecified atom stereocenters. The number of carbonyl (C=O) groups is 1. The number of amides is 1. The summed E-state index contributed by atoms with van der Waals surface area (Å²) >= 11 is 1.59. The zero-order valence-electron chi connectivity index (χ0n) is 16.1. The molecule has 0 fully saturated rings. The number of nitrogens with one attached hydrogen (secondary N) is 1. The van der Waals surface area contributed by atoms with Crippen LogP contribution in [0.15, 0.2) is 47.5 Å². The van der Waals surface area contributed by atoms with E-state index in [-0.39, 0.29) is 5.91 Å². The van der Waals surface area contributed by atoms with Gasteiger partial charge in [0.05, 0.1) is 12.1 Å². The van der Waals surface area contributed by atoms with E-state index in [2.05, 4.69) is 24.4 Å². The van der Waals surface area contributed by atoms with Crippen LogP contribution in [0.1, 0.15) is 23.1 Å². The first-order chi connectivity index (χ1) is 13.0. The third-order valence-corrected chi connectivity index (χ3v) is 5.35. The lowest BCUT2D eigenvalue weighted by Gasteiger charge is -2.10. The van der Waals surface area contributed by atoms with Crippen LogP contribution >= 0.6 is 11.8 Å². The fourth-order valence-electron chi connectivity index (χ4n) is 3.01. The van der Waals surface area contributed by atoms with E-state index in [0.717, 1.165) is 38.5 Å². The highest BCUT2D eigenvalue weighted by molar-refractivity contribution is 7.99. The number of hydrogen-bond donors (Lipinski definition) is 1. The van der Waals surface area contributed by atoms with Crippen molar-refractivity contribution in [1.82, 2.24) is 4.98 Å². The number of aryl methyl sites for hydroxylation is 3. The van der Waals surface area contributed by atoms with Crippen LogP contribution in [0.5, 0.6) is 5.75 Å². The first kappa shape index (κ1) is 19.2. The smallest absolute Gasteiger partial charge is 0.225 e. The Balaban J connectivity index is 1.64. The molecule has 4 nitrogen and oxygen atoms in total. The minimum absolute atomic E-state index is 0.0181. The molecule has 0 spiro atoms. The minimum Gasteiger partial charge on any atom is -0.494 e. The zero-order valence-corrected chi connectivity index (χ0v) is 16.9. The predicted molar refractivity (Wildman–Crippen MR) is 113 cm³/mol. The fraction of sp³-hybridized carbons (Fsp3) is 0.273. The molecular weight excluding hydrogens is 356 g/mol. The number of anilines is 1. The maximum Gasteiger partial charge on any atom is 0.225 e. The molecule has 1 aromatic heterocycles. The van der Waals surface area contributed by atoms with Crippen molar-refractivity contribution in [2.75, 3.05) is 18.2 Å². The van der Waals surface area contributed by atoms with Crippen LogP contribution < -0.4 is 10.1 Å². The molecule has 0 saturated carbocycles. The molecule has 0 aliphatic heterocycles. The van der Waals surface area contributed by atoms with E-state index < -0.39 is 0 Å². The van der Waals surface area contributed by atoms with Crippen molar-refractivity contribution in [2.24, 2.45) is 0 Å². The molecule has 27 heavy (non-hydrogen) atoms. The Morgan fingerprint density at radius 3 is 2.67 bits per heavy atom. The Morgan fingerprint density at radius 2 is 1.93 bits per heavy atom. The number of rotatable bonds is 6. The molecule has 3 rings (SSSR count). The van der Waals surface area contributed by atoms with E-state index in [4.69, 9.17) is 9.72 Å². The number of methoxy groups -OCH3 is 1. The van der Waals surface area contributed by atoms with E-state index in [9.17, 15) is 4.79 Å². The van der Waals surface area contributed by atoms with E-state index in [1.807, 2.05) is 44.2 Å². The van der Waals surface area contributed by atoms with Crippen molar-refractivity contribution in [3.05, 3.63) is 59.2 Å². The molecule has 3 aromatic rings. The van der Waals surface area contributed by atoms with Crippen molar-refractivity contribution in [3.8, 4) is 5.75 Å². The average Bonchev–Trinajstić information content (AvgIpc) is 2.64. The van der Waals surface area contributed by atoms with E-state index >= 15 is 0 Å². The highest BCUT2D eigenvalue weighted by atomic mass is 32.2. The lowest BCUT2D eigenvalue weighted by molar-refractivity contribution is -0.115. The first-order valence-corrected chi connectivity index (χ1v) is 9.91. The van der Waals surface area contributed by atoms with Crippen LogP contribution in [-0.2, 0) is 4.79 Å². The van der Waals surface area contributed by atoms with Crippen LogP contribution in [0.2, 0.25) is 0 Å². The second kappa shape index (κ2) is 8.44. The second-order valence-electron chi connectivity index (χ2n) is 6.60. The fourth-order valence-corrected chi connectivity index (χ4v) is 3.93. The van der Waals surface area contributed by atoms with Gasteiger partial charge in [-0.15, -0.1) is 11.8 Å². The summed E-state index contributed by atoms with van der Waals surface area (Å²) in [7, 11) is 1.66. The molecule has 1 amide bonds. The van der Waals surface area contributed by atoms with Crippen LogP contribution in [-0.4, -0.2) is 23.8 Å².